The maximum atomic E-state index is 13.3. The molecule has 5 rings (SSSR count). The average Bonchev–Trinajstić information content (AvgIpc) is 3.27. The smallest absolute Gasteiger partial charge is 0.233 e. The van der Waals surface area contributed by atoms with Crippen LogP contribution < -0.4 is 4.90 Å². The zero-order chi connectivity index (χ0) is 20.9. The minimum atomic E-state index is -0.407. The van der Waals surface area contributed by atoms with Crippen LogP contribution in [0, 0.1) is 11.2 Å². The summed E-state index contributed by atoms with van der Waals surface area (Å²) in [7, 11) is 0. The number of carbonyl (C=O) groups is 1. The first kappa shape index (κ1) is 18.6. The first-order valence-electron chi connectivity index (χ1n) is 10.2. The van der Waals surface area contributed by atoms with E-state index >= 15 is 0 Å². The fraction of sp³-hybridized carbons (Fsp3) is 0.192. The van der Waals surface area contributed by atoms with Crippen LogP contribution in [0.4, 0.5) is 10.1 Å². The zero-order valence-corrected chi connectivity index (χ0v) is 17.0. The van der Waals surface area contributed by atoms with Gasteiger partial charge in [0.2, 0.25) is 5.91 Å². The fourth-order valence-electron chi connectivity index (χ4n) is 4.48. The first-order chi connectivity index (χ1) is 14.4. The van der Waals surface area contributed by atoms with Gasteiger partial charge in [-0.2, -0.15) is 0 Å². The van der Waals surface area contributed by atoms with E-state index < -0.39 is 5.41 Å². The van der Waals surface area contributed by atoms with Gasteiger partial charge in [0.05, 0.1) is 11.6 Å². The topological polar surface area (TPSA) is 25.2 Å². The lowest BCUT2D eigenvalue weighted by Gasteiger charge is -2.26. The quantitative estimate of drug-likeness (QED) is 0.399. The minimum absolute atomic E-state index is 0.0188. The number of fused-ring (bicyclic) bond motifs is 1. The summed E-state index contributed by atoms with van der Waals surface area (Å²) in [6.07, 6.45) is 2.76. The molecule has 150 valence electrons. The van der Waals surface area contributed by atoms with E-state index in [1.165, 1.54) is 12.1 Å². The molecule has 1 aliphatic heterocycles. The van der Waals surface area contributed by atoms with Crippen LogP contribution in [0.15, 0.2) is 85.1 Å². The number of aromatic nitrogens is 1. The monoisotopic (exact) mass is 398 g/mol. The highest BCUT2D eigenvalue weighted by atomic mass is 19.1. The van der Waals surface area contributed by atoms with E-state index in [1.807, 2.05) is 65.9 Å². The third kappa shape index (κ3) is 3.00. The molecule has 1 saturated heterocycles. The van der Waals surface area contributed by atoms with Crippen LogP contribution >= 0.6 is 0 Å². The Morgan fingerprint density at radius 1 is 0.900 bits per heavy atom. The highest BCUT2D eigenvalue weighted by Gasteiger charge is 2.46. The lowest BCUT2D eigenvalue weighted by Crippen LogP contribution is -2.32. The molecule has 2 heterocycles. The van der Waals surface area contributed by atoms with Gasteiger partial charge >= 0.3 is 0 Å². The van der Waals surface area contributed by atoms with Crippen molar-refractivity contribution in [3.63, 3.8) is 0 Å². The Labute approximate surface area is 175 Å². The number of amides is 1. The normalized spacial score (nSPS) is 18.3. The van der Waals surface area contributed by atoms with Crippen LogP contribution in [0.2, 0.25) is 0 Å². The predicted molar refractivity (Wildman–Crippen MR) is 118 cm³/mol. The maximum Gasteiger partial charge on any atom is 0.233 e. The third-order valence-corrected chi connectivity index (χ3v) is 6.05. The number of hydrogen-bond acceptors (Lipinski definition) is 1. The number of carbonyl (C=O) groups excluding carboxylic acids is 1. The molecule has 30 heavy (non-hydrogen) atoms. The van der Waals surface area contributed by atoms with E-state index in [1.54, 1.807) is 12.1 Å². The lowest BCUT2D eigenvalue weighted by atomic mass is 9.88. The molecule has 0 saturated carbocycles. The summed E-state index contributed by atoms with van der Waals surface area (Å²) in [6, 6.07) is 24.9. The van der Waals surface area contributed by atoms with Crippen molar-refractivity contribution < 1.29 is 9.18 Å². The van der Waals surface area contributed by atoms with E-state index in [9.17, 15) is 9.18 Å². The van der Waals surface area contributed by atoms with Gasteiger partial charge in [0.25, 0.3) is 0 Å². The lowest BCUT2D eigenvalue weighted by molar-refractivity contribution is -0.124. The maximum absolute atomic E-state index is 13.3. The van der Waals surface area contributed by atoms with Crippen LogP contribution in [0.25, 0.3) is 16.6 Å². The van der Waals surface area contributed by atoms with Gasteiger partial charge in [-0.3, -0.25) is 4.79 Å². The van der Waals surface area contributed by atoms with E-state index in [0.717, 1.165) is 34.3 Å². The largest absolute Gasteiger partial charge is 0.317 e. The van der Waals surface area contributed by atoms with Crippen LogP contribution in [-0.4, -0.2) is 10.5 Å². The number of halogens is 1. The predicted octanol–water partition coefficient (Wildman–Crippen LogP) is 6.27. The van der Waals surface area contributed by atoms with Gasteiger partial charge in [-0.1, -0.05) is 44.2 Å². The van der Waals surface area contributed by atoms with Crippen LogP contribution in [0.5, 0.6) is 0 Å². The highest BCUT2D eigenvalue weighted by molar-refractivity contribution is 6.02. The van der Waals surface area contributed by atoms with E-state index in [2.05, 4.69) is 18.2 Å². The molecule has 4 heteroatoms. The molecule has 0 unspecified atom stereocenters. The summed E-state index contributed by atoms with van der Waals surface area (Å²) >= 11 is 0. The molecular formula is C26H23FN2O. The van der Waals surface area contributed by atoms with Crippen molar-refractivity contribution in [2.24, 2.45) is 5.41 Å². The van der Waals surface area contributed by atoms with Crippen molar-refractivity contribution in [2.75, 3.05) is 4.90 Å². The van der Waals surface area contributed by atoms with Crippen molar-refractivity contribution in [3.05, 3.63) is 96.4 Å². The number of hydrogen-bond donors (Lipinski definition) is 0. The molecule has 0 radical (unpaired) electrons. The van der Waals surface area contributed by atoms with Crippen molar-refractivity contribution >= 4 is 22.5 Å². The molecule has 0 N–H and O–H groups in total. The van der Waals surface area contributed by atoms with Crippen molar-refractivity contribution in [3.8, 4) is 5.69 Å². The van der Waals surface area contributed by atoms with Gasteiger partial charge in [0.1, 0.15) is 5.82 Å². The van der Waals surface area contributed by atoms with E-state index in [4.69, 9.17) is 0 Å². The summed E-state index contributed by atoms with van der Waals surface area (Å²) in [4.78, 5) is 15.2. The summed E-state index contributed by atoms with van der Waals surface area (Å²) < 4.78 is 15.3. The van der Waals surface area contributed by atoms with E-state index in [-0.39, 0.29) is 17.8 Å². The molecule has 1 atom stereocenters. The summed E-state index contributed by atoms with van der Waals surface area (Å²) in [5.41, 5.74) is 3.58. The Hall–Kier alpha value is -3.40. The highest BCUT2D eigenvalue weighted by Crippen LogP contribution is 2.46. The second-order valence-corrected chi connectivity index (χ2v) is 8.59. The molecule has 4 aromatic rings. The Morgan fingerprint density at radius 2 is 1.60 bits per heavy atom. The molecular weight excluding hydrogens is 375 g/mol. The molecule has 0 aliphatic carbocycles. The third-order valence-electron chi connectivity index (χ3n) is 6.05. The number of benzene rings is 3. The Morgan fingerprint density at radius 3 is 2.33 bits per heavy atom. The standard InChI is InChI=1S/C26H23FN2O/c1-26(2)17-24(18-6-4-3-5-7-18)29(25(26)30)22-12-13-23-19(16-22)14-15-28(23)21-10-8-20(27)9-11-21/h3-16,24H,17H2,1-2H3/t24-/m0/s1. The van der Waals surface area contributed by atoms with Crippen LogP contribution in [0.3, 0.4) is 0 Å². The van der Waals surface area contributed by atoms with Crippen molar-refractivity contribution in [1.82, 2.24) is 4.57 Å². The van der Waals surface area contributed by atoms with E-state index in [0.29, 0.717) is 0 Å². The minimum Gasteiger partial charge on any atom is -0.317 e. The molecule has 3 nitrogen and oxygen atoms in total. The number of nitrogens with zero attached hydrogens (tertiary/aromatic N) is 2. The Bertz CT molecular complexity index is 1230. The van der Waals surface area contributed by atoms with Crippen LogP contribution in [-0.2, 0) is 4.79 Å². The second kappa shape index (κ2) is 6.84. The molecule has 0 spiro atoms. The van der Waals surface area contributed by atoms with Gasteiger partial charge in [-0.25, -0.2) is 4.39 Å². The molecule has 1 aliphatic rings. The van der Waals surface area contributed by atoms with Crippen molar-refractivity contribution in [1.29, 1.82) is 0 Å². The molecule has 1 fully saturated rings. The molecule has 3 aromatic carbocycles. The SMILES string of the molecule is CC1(C)C[C@@H](c2ccccc2)N(c2ccc3c(ccn3-c3ccc(F)cc3)c2)C1=O. The average molecular weight is 398 g/mol. The second-order valence-electron chi connectivity index (χ2n) is 8.59. The van der Waals surface area contributed by atoms with Gasteiger partial charge in [0.15, 0.2) is 0 Å². The Kier molecular flexibility index (Phi) is 4.24. The fourth-order valence-corrected chi connectivity index (χ4v) is 4.48. The molecule has 1 aromatic heterocycles. The molecule has 1 amide bonds. The van der Waals surface area contributed by atoms with Gasteiger partial charge in [-0.05, 0) is 60.5 Å². The van der Waals surface area contributed by atoms with Gasteiger partial charge in [-0.15, -0.1) is 0 Å². The van der Waals surface area contributed by atoms with Crippen LogP contribution in [0.1, 0.15) is 31.9 Å². The molecule has 0 bridgehead atoms. The van der Waals surface area contributed by atoms with Gasteiger partial charge in [0, 0.05) is 28.4 Å². The summed E-state index contributed by atoms with van der Waals surface area (Å²) in [5.74, 6) is -0.103. The van der Waals surface area contributed by atoms with Crippen molar-refractivity contribution in [2.45, 2.75) is 26.3 Å². The first-order valence-corrected chi connectivity index (χ1v) is 10.2. The number of anilines is 1. The zero-order valence-electron chi connectivity index (χ0n) is 17.0. The summed E-state index contributed by atoms with van der Waals surface area (Å²) in [5, 5.41) is 1.04. The van der Waals surface area contributed by atoms with Gasteiger partial charge < -0.3 is 9.47 Å². The Balaban J connectivity index is 1.58. The number of rotatable bonds is 3. The summed E-state index contributed by atoms with van der Waals surface area (Å²) in [6.45, 7) is 4.05.